The van der Waals surface area contributed by atoms with E-state index >= 15 is 0 Å². The van der Waals surface area contributed by atoms with Gasteiger partial charge in [0.15, 0.2) is 0 Å². The Balaban J connectivity index is 1.84. The number of benzene rings is 2. The van der Waals surface area contributed by atoms with E-state index in [0.717, 1.165) is 17.5 Å². The van der Waals surface area contributed by atoms with E-state index in [0.29, 0.717) is 17.8 Å². The normalized spacial score (nSPS) is 18.2. The van der Waals surface area contributed by atoms with Crippen molar-refractivity contribution in [2.24, 2.45) is 0 Å². The predicted octanol–water partition coefficient (Wildman–Crippen LogP) is 4.27. The third-order valence-corrected chi connectivity index (χ3v) is 5.31. The number of hydrogen-bond donors (Lipinski definition) is 0. The van der Waals surface area contributed by atoms with Crippen molar-refractivity contribution in [3.63, 3.8) is 0 Å². The van der Waals surface area contributed by atoms with Crippen molar-refractivity contribution in [3.05, 3.63) is 59.4 Å². The molecular weight excluding hydrogens is 330 g/mol. The van der Waals surface area contributed by atoms with Gasteiger partial charge in [-0.3, -0.25) is 0 Å². The van der Waals surface area contributed by atoms with E-state index in [9.17, 15) is 4.39 Å². The van der Waals surface area contributed by atoms with Gasteiger partial charge in [-0.2, -0.15) is 0 Å². The van der Waals surface area contributed by atoms with Gasteiger partial charge in [-0.1, -0.05) is 43.3 Å². The van der Waals surface area contributed by atoms with E-state index in [-0.39, 0.29) is 5.82 Å². The lowest BCUT2D eigenvalue weighted by Crippen LogP contribution is -2.41. The first-order valence-corrected chi connectivity index (χ1v) is 9.08. The Morgan fingerprint density at radius 2 is 1.62 bits per heavy atom. The van der Waals surface area contributed by atoms with Crippen molar-refractivity contribution in [1.29, 1.82) is 0 Å². The van der Waals surface area contributed by atoms with E-state index in [1.54, 1.807) is 6.07 Å². The molecule has 0 amide bonds. The van der Waals surface area contributed by atoms with Crippen LogP contribution in [-0.4, -0.2) is 18.3 Å². The molecule has 2 aromatic rings. The molecule has 1 heterocycles. The Morgan fingerprint density at radius 1 is 1.00 bits per heavy atom. The van der Waals surface area contributed by atoms with Crippen molar-refractivity contribution in [3.8, 4) is 5.75 Å². The summed E-state index contributed by atoms with van der Waals surface area (Å²) in [5.41, 5.74) is 1.40. The minimum atomic E-state index is -0.714. The average Bonchev–Trinajstić information content (AvgIpc) is 2.81. The number of hydrogen-bond acceptors (Lipinski definition) is 3. The van der Waals surface area contributed by atoms with Crippen LogP contribution < -0.4 is 10.2 Å². The summed E-state index contributed by atoms with van der Waals surface area (Å²) in [4.78, 5) is 0. The molecule has 5 heteroatoms. The van der Waals surface area contributed by atoms with E-state index in [2.05, 4.69) is 0 Å². The molecule has 1 fully saturated rings. The minimum Gasteiger partial charge on any atom is -0.489 e. The van der Waals surface area contributed by atoms with Gasteiger partial charge in [0.05, 0.1) is 11.2 Å². The fraction of sp³-hybridized carbons (Fsp3) is 0.429. The van der Waals surface area contributed by atoms with Gasteiger partial charge in [-0.25, -0.2) is 4.39 Å². The SMILES string of the molecule is CCc1cc(B2OC(C)(C)C(C)(C)O2)c(F)cc1OCc1ccccc1. The van der Waals surface area contributed by atoms with Crippen LogP contribution in [0.1, 0.15) is 45.7 Å². The number of ether oxygens (including phenoxy) is 1. The highest BCUT2D eigenvalue weighted by molar-refractivity contribution is 6.62. The Bertz CT molecular complexity index is 758. The summed E-state index contributed by atoms with van der Waals surface area (Å²) < 4.78 is 32.7. The van der Waals surface area contributed by atoms with Crippen molar-refractivity contribution < 1.29 is 18.4 Å². The molecule has 0 unspecified atom stereocenters. The first kappa shape index (κ1) is 18.9. The van der Waals surface area contributed by atoms with Gasteiger partial charge in [-0.05, 0) is 45.2 Å². The second-order valence-electron chi connectivity index (χ2n) is 7.70. The summed E-state index contributed by atoms with van der Waals surface area (Å²) in [6, 6.07) is 13.1. The molecule has 0 N–H and O–H groups in total. The number of rotatable bonds is 5. The van der Waals surface area contributed by atoms with Crippen molar-refractivity contribution in [2.75, 3.05) is 0 Å². The van der Waals surface area contributed by atoms with Gasteiger partial charge in [0.25, 0.3) is 0 Å². The number of halogens is 1. The van der Waals surface area contributed by atoms with Crippen LogP contribution in [-0.2, 0) is 22.3 Å². The maximum Gasteiger partial charge on any atom is 0.497 e. The van der Waals surface area contributed by atoms with Crippen molar-refractivity contribution >= 4 is 12.6 Å². The lowest BCUT2D eigenvalue weighted by molar-refractivity contribution is 0.00578. The molecule has 0 spiro atoms. The lowest BCUT2D eigenvalue weighted by Gasteiger charge is -2.32. The summed E-state index contributed by atoms with van der Waals surface area (Å²) in [5, 5.41) is 0. The molecule has 0 saturated carbocycles. The largest absolute Gasteiger partial charge is 0.497 e. The van der Waals surface area contributed by atoms with E-state index in [1.165, 1.54) is 6.07 Å². The van der Waals surface area contributed by atoms with Crippen LogP contribution in [0, 0.1) is 5.82 Å². The maximum absolute atomic E-state index is 14.8. The fourth-order valence-electron chi connectivity index (χ4n) is 2.92. The average molecular weight is 356 g/mol. The third-order valence-electron chi connectivity index (χ3n) is 5.31. The molecule has 0 bridgehead atoms. The van der Waals surface area contributed by atoms with Crippen LogP contribution in [0.4, 0.5) is 4.39 Å². The zero-order chi connectivity index (χ0) is 18.9. The smallest absolute Gasteiger partial charge is 0.489 e. The topological polar surface area (TPSA) is 27.7 Å². The van der Waals surface area contributed by atoms with Gasteiger partial charge in [0, 0.05) is 11.5 Å². The van der Waals surface area contributed by atoms with Crippen molar-refractivity contribution in [1.82, 2.24) is 0 Å². The summed E-state index contributed by atoms with van der Waals surface area (Å²) in [7, 11) is -0.714. The van der Waals surface area contributed by atoms with Gasteiger partial charge < -0.3 is 14.0 Å². The Hall–Kier alpha value is -1.85. The van der Waals surface area contributed by atoms with Crippen LogP contribution in [0.5, 0.6) is 5.75 Å². The monoisotopic (exact) mass is 356 g/mol. The third kappa shape index (κ3) is 3.65. The molecule has 138 valence electrons. The quantitative estimate of drug-likeness (QED) is 0.749. The highest BCUT2D eigenvalue weighted by atomic mass is 19.1. The predicted molar refractivity (Wildman–Crippen MR) is 102 cm³/mol. The van der Waals surface area contributed by atoms with E-state index in [1.807, 2.05) is 65.0 Å². The molecule has 0 aliphatic carbocycles. The molecule has 3 rings (SSSR count). The first-order chi connectivity index (χ1) is 12.2. The molecule has 26 heavy (non-hydrogen) atoms. The van der Waals surface area contributed by atoms with Gasteiger partial charge >= 0.3 is 7.12 Å². The summed E-state index contributed by atoms with van der Waals surface area (Å²) >= 11 is 0. The zero-order valence-electron chi connectivity index (χ0n) is 16.1. The highest BCUT2D eigenvalue weighted by Crippen LogP contribution is 2.37. The second-order valence-corrected chi connectivity index (χ2v) is 7.70. The molecule has 0 atom stereocenters. The van der Waals surface area contributed by atoms with Gasteiger partial charge in [0.2, 0.25) is 0 Å². The van der Waals surface area contributed by atoms with E-state index in [4.69, 9.17) is 14.0 Å². The molecular formula is C21H26BFO3. The van der Waals surface area contributed by atoms with Crippen LogP contribution in [0.15, 0.2) is 42.5 Å². The van der Waals surface area contributed by atoms with Gasteiger partial charge in [-0.15, -0.1) is 0 Å². The Morgan fingerprint density at radius 3 is 2.19 bits per heavy atom. The van der Waals surface area contributed by atoms with E-state index < -0.39 is 18.3 Å². The maximum atomic E-state index is 14.8. The van der Waals surface area contributed by atoms with Crippen LogP contribution in [0.25, 0.3) is 0 Å². The molecule has 0 radical (unpaired) electrons. The second kappa shape index (κ2) is 7.05. The lowest BCUT2D eigenvalue weighted by atomic mass is 9.77. The van der Waals surface area contributed by atoms with Crippen LogP contribution in [0.2, 0.25) is 0 Å². The molecule has 1 saturated heterocycles. The summed E-state index contributed by atoms with van der Waals surface area (Å²) in [5.74, 6) is 0.192. The highest BCUT2D eigenvalue weighted by Gasteiger charge is 2.52. The van der Waals surface area contributed by atoms with Crippen LogP contribution >= 0.6 is 0 Å². The first-order valence-electron chi connectivity index (χ1n) is 9.08. The Labute approximate surface area is 155 Å². The minimum absolute atomic E-state index is 0.372. The molecule has 0 aromatic heterocycles. The fourth-order valence-corrected chi connectivity index (χ4v) is 2.92. The summed E-state index contributed by atoms with van der Waals surface area (Å²) in [6.45, 7) is 10.3. The molecule has 3 nitrogen and oxygen atoms in total. The Kier molecular flexibility index (Phi) is 5.13. The summed E-state index contributed by atoms with van der Waals surface area (Å²) in [6.07, 6.45) is 0.733. The van der Waals surface area contributed by atoms with Gasteiger partial charge in [0.1, 0.15) is 18.2 Å². The van der Waals surface area contributed by atoms with Crippen LogP contribution in [0.3, 0.4) is 0 Å². The number of aryl methyl sites for hydroxylation is 1. The molecule has 2 aromatic carbocycles. The molecule has 1 aliphatic rings. The zero-order valence-corrected chi connectivity index (χ0v) is 16.1. The molecule has 1 aliphatic heterocycles. The standard InChI is InChI=1S/C21H26BFO3/c1-6-16-12-17(22-25-20(2,3)21(4,5)26-22)18(23)13-19(16)24-14-15-10-8-7-9-11-15/h7-13H,6,14H2,1-5H3. The van der Waals surface area contributed by atoms with Crippen molar-refractivity contribution in [2.45, 2.75) is 58.8 Å².